The van der Waals surface area contributed by atoms with Gasteiger partial charge in [0.05, 0.1) is 4.92 Å². The van der Waals surface area contributed by atoms with Gasteiger partial charge in [0, 0.05) is 17.7 Å². The first-order valence-corrected chi connectivity index (χ1v) is 6.03. The second kappa shape index (κ2) is 4.84. The van der Waals surface area contributed by atoms with E-state index in [0.717, 1.165) is 17.9 Å². The van der Waals surface area contributed by atoms with Crippen LogP contribution in [0.3, 0.4) is 0 Å². The largest absolute Gasteiger partial charge is 0.316 e. The zero-order valence-electron chi connectivity index (χ0n) is 10.3. The minimum Gasteiger partial charge on any atom is -0.316 e. The van der Waals surface area contributed by atoms with Crippen LogP contribution in [0.25, 0.3) is 0 Å². The minimum absolute atomic E-state index is 0.209. The number of likely N-dealkylation sites (N-methyl/N-ethyl adjacent to an activating group) is 1. The highest BCUT2D eigenvalue weighted by atomic mass is 16.6. The van der Waals surface area contributed by atoms with Crippen LogP contribution < -0.4 is 5.32 Å². The Kier molecular flexibility index (Phi) is 3.43. The second-order valence-corrected chi connectivity index (χ2v) is 4.81. The van der Waals surface area contributed by atoms with Gasteiger partial charge in [-0.2, -0.15) is 0 Å². The minimum atomic E-state index is -0.324. The van der Waals surface area contributed by atoms with E-state index in [4.69, 9.17) is 0 Å². The Hall–Kier alpha value is -1.42. The van der Waals surface area contributed by atoms with Crippen molar-refractivity contribution in [3.8, 4) is 0 Å². The molecule has 0 spiro atoms. The molecule has 4 heteroatoms. The summed E-state index contributed by atoms with van der Waals surface area (Å²) in [5, 5.41) is 14.1. The number of nitrogens with zero attached hydrogens (tertiary/aromatic N) is 1. The molecule has 17 heavy (non-hydrogen) atoms. The van der Waals surface area contributed by atoms with Crippen LogP contribution in [0.5, 0.6) is 0 Å². The van der Waals surface area contributed by atoms with Crippen LogP contribution >= 0.6 is 0 Å². The zero-order valence-corrected chi connectivity index (χ0v) is 10.3. The van der Waals surface area contributed by atoms with Gasteiger partial charge in [-0.1, -0.05) is 6.07 Å². The fraction of sp³-hybridized carbons (Fsp3) is 0.538. The Labute approximate surface area is 101 Å². The third kappa shape index (κ3) is 2.82. The molecule has 1 fully saturated rings. The van der Waals surface area contributed by atoms with Crippen LogP contribution in [0.2, 0.25) is 0 Å². The SMILES string of the molecule is CNC(Cc1ccc([N+](=O)[O-])c(C)c1)C1CC1. The number of aryl methyl sites for hydroxylation is 1. The summed E-state index contributed by atoms with van der Waals surface area (Å²) < 4.78 is 0. The summed E-state index contributed by atoms with van der Waals surface area (Å²) in [6.07, 6.45) is 3.56. The van der Waals surface area contributed by atoms with Crippen molar-refractivity contribution in [2.45, 2.75) is 32.2 Å². The van der Waals surface area contributed by atoms with Gasteiger partial charge >= 0.3 is 0 Å². The zero-order chi connectivity index (χ0) is 12.4. The van der Waals surface area contributed by atoms with Gasteiger partial charge in [0.15, 0.2) is 0 Å². The van der Waals surface area contributed by atoms with E-state index in [9.17, 15) is 10.1 Å². The summed E-state index contributed by atoms with van der Waals surface area (Å²) in [6, 6.07) is 5.93. The van der Waals surface area contributed by atoms with Crippen LogP contribution in [-0.4, -0.2) is 18.0 Å². The van der Waals surface area contributed by atoms with Gasteiger partial charge in [0.2, 0.25) is 0 Å². The van der Waals surface area contributed by atoms with E-state index in [1.807, 2.05) is 19.2 Å². The summed E-state index contributed by atoms with van der Waals surface area (Å²) in [6.45, 7) is 1.80. The summed E-state index contributed by atoms with van der Waals surface area (Å²) in [7, 11) is 1.99. The van der Waals surface area contributed by atoms with E-state index in [-0.39, 0.29) is 10.6 Å². The molecule has 1 unspecified atom stereocenters. The van der Waals surface area contributed by atoms with Crippen LogP contribution in [0.4, 0.5) is 5.69 Å². The van der Waals surface area contributed by atoms with Gasteiger partial charge in [-0.05, 0) is 50.8 Å². The van der Waals surface area contributed by atoms with E-state index in [1.54, 1.807) is 13.0 Å². The molecule has 0 aliphatic heterocycles. The first-order chi connectivity index (χ1) is 8.11. The molecular formula is C13H18N2O2. The summed E-state index contributed by atoms with van der Waals surface area (Å²) in [5.74, 6) is 0.787. The van der Waals surface area contributed by atoms with Gasteiger partial charge in [0.25, 0.3) is 5.69 Å². The Morgan fingerprint density at radius 2 is 2.24 bits per heavy atom. The molecule has 2 rings (SSSR count). The van der Waals surface area contributed by atoms with Crippen LogP contribution in [-0.2, 0) is 6.42 Å². The molecular weight excluding hydrogens is 216 g/mol. The van der Waals surface area contributed by atoms with Crippen molar-refractivity contribution in [2.75, 3.05) is 7.05 Å². The summed E-state index contributed by atoms with van der Waals surface area (Å²) in [5.41, 5.74) is 2.14. The highest BCUT2D eigenvalue weighted by Gasteiger charge is 2.30. The van der Waals surface area contributed by atoms with E-state index in [1.165, 1.54) is 18.4 Å². The third-order valence-corrected chi connectivity index (χ3v) is 3.48. The van der Waals surface area contributed by atoms with Gasteiger partial charge in [-0.15, -0.1) is 0 Å². The van der Waals surface area contributed by atoms with Crippen molar-refractivity contribution < 1.29 is 4.92 Å². The molecule has 4 nitrogen and oxygen atoms in total. The Morgan fingerprint density at radius 1 is 1.53 bits per heavy atom. The Morgan fingerprint density at radius 3 is 2.71 bits per heavy atom. The molecule has 0 saturated heterocycles. The second-order valence-electron chi connectivity index (χ2n) is 4.81. The number of nitrogens with one attached hydrogen (secondary N) is 1. The molecule has 0 aromatic heterocycles. The van der Waals surface area contributed by atoms with Crippen molar-refractivity contribution >= 4 is 5.69 Å². The van der Waals surface area contributed by atoms with E-state index < -0.39 is 0 Å². The van der Waals surface area contributed by atoms with Crippen molar-refractivity contribution in [1.82, 2.24) is 5.32 Å². The number of hydrogen-bond acceptors (Lipinski definition) is 3. The number of hydrogen-bond donors (Lipinski definition) is 1. The lowest BCUT2D eigenvalue weighted by atomic mass is 10.00. The lowest BCUT2D eigenvalue weighted by Gasteiger charge is -2.15. The van der Waals surface area contributed by atoms with Crippen molar-refractivity contribution in [2.24, 2.45) is 5.92 Å². The highest BCUT2D eigenvalue weighted by molar-refractivity contribution is 5.42. The maximum Gasteiger partial charge on any atom is 0.272 e. The summed E-state index contributed by atoms with van der Waals surface area (Å²) >= 11 is 0. The highest BCUT2D eigenvalue weighted by Crippen LogP contribution is 2.34. The predicted molar refractivity (Wildman–Crippen MR) is 67.1 cm³/mol. The van der Waals surface area contributed by atoms with Crippen molar-refractivity contribution in [3.05, 3.63) is 39.4 Å². The molecule has 1 saturated carbocycles. The van der Waals surface area contributed by atoms with Gasteiger partial charge in [-0.25, -0.2) is 0 Å². The maximum absolute atomic E-state index is 10.7. The van der Waals surface area contributed by atoms with Gasteiger partial charge in [0.1, 0.15) is 0 Å². The third-order valence-electron chi connectivity index (χ3n) is 3.48. The lowest BCUT2D eigenvalue weighted by molar-refractivity contribution is -0.385. The normalized spacial score (nSPS) is 16.8. The van der Waals surface area contributed by atoms with Crippen molar-refractivity contribution in [1.29, 1.82) is 0 Å². The van der Waals surface area contributed by atoms with E-state index in [2.05, 4.69) is 5.32 Å². The Balaban J connectivity index is 2.11. The molecule has 92 valence electrons. The molecule has 1 aromatic rings. The molecule has 0 amide bonds. The summed E-state index contributed by atoms with van der Waals surface area (Å²) in [4.78, 5) is 10.4. The maximum atomic E-state index is 10.7. The van der Waals surface area contributed by atoms with Gasteiger partial charge in [-0.3, -0.25) is 10.1 Å². The topological polar surface area (TPSA) is 55.2 Å². The smallest absolute Gasteiger partial charge is 0.272 e. The quantitative estimate of drug-likeness (QED) is 0.629. The molecule has 0 heterocycles. The van der Waals surface area contributed by atoms with E-state index in [0.29, 0.717) is 6.04 Å². The molecule has 1 aliphatic carbocycles. The molecule has 1 N–H and O–H groups in total. The molecule has 1 aliphatic rings. The lowest BCUT2D eigenvalue weighted by Crippen LogP contribution is -2.29. The van der Waals surface area contributed by atoms with E-state index >= 15 is 0 Å². The van der Waals surface area contributed by atoms with Gasteiger partial charge < -0.3 is 5.32 Å². The number of benzene rings is 1. The fourth-order valence-electron chi connectivity index (χ4n) is 2.31. The first kappa shape index (κ1) is 12.0. The predicted octanol–water partition coefficient (Wildman–Crippen LogP) is 2.44. The number of nitro benzene ring substituents is 1. The average molecular weight is 234 g/mol. The van der Waals surface area contributed by atoms with Crippen LogP contribution in [0.1, 0.15) is 24.0 Å². The number of nitro groups is 1. The van der Waals surface area contributed by atoms with Crippen molar-refractivity contribution in [3.63, 3.8) is 0 Å². The Bertz CT molecular complexity index is 427. The average Bonchev–Trinajstić information content (AvgIpc) is 3.09. The molecule has 0 radical (unpaired) electrons. The first-order valence-electron chi connectivity index (χ1n) is 6.03. The van der Waals surface area contributed by atoms with Crippen LogP contribution in [0, 0.1) is 23.0 Å². The fourth-order valence-corrected chi connectivity index (χ4v) is 2.31. The van der Waals surface area contributed by atoms with Crippen LogP contribution in [0.15, 0.2) is 18.2 Å². The standard InChI is InChI=1S/C13H18N2O2/c1-9-7-10(3-6-13(9)15(16)17)8-12(14-2)11-4-5-11/h3,6-7,11-12,14H,4-5,8H2,1-2H3. The number of rotatable bonds is 5. The molecule has 1 atom stereocenters. The monoisotopic (exact) mass is 234 g/mol. The molecule has 0 bridgehead atoms. The molecule has 1 aromatic carbocycles.